The van der Waals surface area contributed by atoms with Crippen molar-refractivity contribution in [3.8, 4) is 5.88 Å². The normalized spacial score (nSPS) is 12.9. The number of aromatic nitrogens is 1. The highest BCUT2D eigenvalue weighted by Crippen LogP contribution is 2.17. The van der Waals surface area contributed by atoms with E-state index in [2.05, 4.69) is 18.8 Å². The van der Waals surface area contributed by atoms with Crippen LogP contribution in [-0.4, -0.2) is 22.8 Å². The van der Waals surface area contributed by atoms with Crippen molar-refractivity contribution in [2.24, 2.45) is 0 Å². The first kappa shape index (κ1) is 12.0. The third-order valence-corrected chi connectivity index (χ3v) is 2.32. The van der Waals surface area contributed by atoms with E-state index in [1.807, 2.05) is 19.1 Å². The Morgan fingerprint density at radius 1 is 1.47 bits per heavy atom. The second-order valence-corrected chi connectivity index (χ2v) is 3.96. The molecule has 1 atom stereocenters. The lowest BCUT2D eigenvalue weighted by atomic mass is 10.1. The van der Waals surface area contributed by atoms with Gasteiger partial charge in [0.2, 0.25) is 5.88 Å². The quantitative estimate of drug-likeness (QED) is 0.809. The van der Waals surface area contributed by atoms with E-state index in [0.717, 1.165) is 0 Å². The largest absolute Gasteiger partial charge is 0.475 e. The maximum atomic E-state index is 9.34. The molecule has 0 aliphatic heterocycles. The number of pyridine rings is 1. The van der Waals surface area contributed by atoms with Crippen LogP contribution in [0.4, 0.5) is 0 Å². The van der Waals surface area contributed by atoms with Crippen molar-refractivity contribution in [2.45, 2.75) is 39.2 Å². The summed E-state index contributed by atoms with van der Waals surface area (Å²) in [7, 11) is 0. The Hall–Kier alpha value is -1.09. The van der Waals surface area contributed by atoms with Gasteiger partial charge in [-0.1, -0.05) is 20.8 Å². The zero-order valence-corrected chi connectivity index (χ0v) is 9.60. The molecule has 1 N–H and O–H groups in total. The van der Waals surface area contributed by atoms with Crippen molar-refractivity contribution in [1.82, 2.24) is 4.98 Å². The van der Waals surface area contributed by atoms with Crippen LogP contribution >= 0.6 is 0 Å². The van der Waals surface area contributed by atoms with Gasteiger partial charge >= 0.3 is 0 Å². The lowest BCUT2D eigenvalue weighted by molar-refractivity contribution is 0.102. The predicted molar refractivity (Wildman–Crippen MR) is 60.1 cm³/mol. The van der Waals surface area contributed by atoms with Gasteiger partial charge in [0, 0.05) is 12.3 Å². The summed E-state index contributed by atoms with van der Waals surface area (Å²) in [6.07, 6.45) is 2.03. The average molecular weight is 209 g/mol. The molecule has 3 nitrogen and oxygen atoms in total. The molecule has 0 radical (unpaired) electrons. The third kappa shape index (κ3) is 3.88. The molecule has 1 unspecified atom stereocenters. The maximum Gasteiger partial charge on any atom is 0.213 e. The molecule has 15 heavy (non-hydrogen) atoms. The molecule has 0 fully saturated rings. The molecule has 1 aromatic heterocycles. The molecule has 0 aromatic carbocycles. The van der Waals surface area contributed by atoms with Crippen molar-refractivity contribution >= 4 is 0 Å². The lowest BCUT2D eigenvalue weighted by Crippen LogP contribution is -2.16. The van der Waals surface area contributed by atoms with E-state index < -0.39 is 6.10 Å². The standard InChI is InChI=1S/C12H19NO2/c1-4-11(14)8-15-12-7-10(9(2)3)5-6-13-12/h5-7,9,11,14H,4,8H2,1-3H3. The van der Waals surface area contributed by atoms with Crippen LogP contribution in [0.5, 0.6) is 5.88 Å². The van der Waals surface area contributed by atoms with Crippen LogP contribution < -0.4 is 4.74 Å². The molecule has 0 bridgehead atoms. The summed E-state index contributed by atoms with van der Waals surface area (Å²) in [5.41, 5.74) is 1.20. The van der Waals surface area contributed by atoms with E-state index in [-0.39, 0.29) is 0 Å². The van der Waals surface area contributed by atoms with E-state index >= 15 is 0 Å². The van der Waals surface area contributed by atoms with Gasteiger partial charge in [-0.25, -0.2) is 4.98 Å². The molecule has 84 valence electrons. The zero-order chi connectivity index (χ0) is 11.3. The summed E-state index contributed by atoms with van der Waals surface area (Å²) in [6.45, 7) is 6.48. The molecule has 1 rings (SSSR count). The van der Waals surface area contributed by atoms with Gasteiger partial charge < -0.3 is 9.84 Å². The molecule has 0 saturated carbocycles. The summed E-state index contributed by atoms with van der Waals surface area (Å²) in [6, 6.07) is 3.90. The van der Waals surface area contributed by atoms with Gasteiger partial charge in [0.15, 0.2) is 0 Å². The average Bonchev–Trinajstić information content (AvgIpc) is 2.26. The molecular formula is C12H19NO2. The fourth-order valence-electron chi connectivity index (χ4n) is 1.16. The lowest BCUT2D eigenvalue weighted by Gasteiger charge is -2.11. The van der Waals surface area contributed by atoms with Gasteiger partial charge in [0.1, 0.15) is 6.61 Å². The Kier molecular flexibility index (Phi) is 4.56. The smallest absolute Gasteiger partial charge is 0.213 e. The van der Waals surface area contributed by atoms with E-state index in [4.69, 9.17) is 4.74 Å². The van der Waals surface area contributed by atoms with Crippen molar-refractivity contribution in [1.29, 1.82) is 0 Å². The molecule has 1 aromatic rings. The highest BCUT2D eigenvalue weighted by atomic mass is 16.5. The molecular weight excluding hydrogens is 190 g/mol. The monoisotopic (exact) mass is 209 g/mol. The predicted octanol–water partition coefficient (Wildman–Crippen LogP) is 2.35. The SMILES string of the molecule is CCC(O)COc1cc(C(C)C)ccn1. The number of rotatable bonds is 5. The van der Waals surface area contributed by atoms with E-state index in [9.17, 15) is 5.11 Å². The van der Waals surface area contributed by atoms with Crippen LogP contribution in [0, 0.1) is 0 Å². The Morgan fingerprint density at radius 2 is 2.20 bits per heavy atom. The molecule has 1 heterocycles. The molecule has 0 aliphatic carbocycles. The van der Waals surface area contributed by atoms with Crippen LogP contribution in [0.2, 0.25) is 0 Å². The molecule has 0 aliphatic rings. The van der Waals surface area contributed by atoms with Crippen molar-refractivity contribution < 1.29 is 9.84 Å². The highest BCUT2D eigenvalue weighted by Gasteiger charge is 2.05. The Labute approximate surface area is 91.1 Å². The summed E-state index contributed by atoms with van der Waals surface area (Å²) >= 11 is 0. The number of aliphatic hydroxyl groups is 1. The molecule has 0 spiro atoms. The molecule has 0 saturated heterocycles. The fourth-order valence-corrected chi connectivity index (χ4v) is 1.16. The van der Waals surface area contributed by atoms with Crippen LogP contribution in [0.25, 0.3) is 0 Å². The number of aliphatic hydroxyl groups excluding tert-OH is 1. The highest BCUT2D eigenvalue weighted by molar-refractivity contribution is 5.23. The summed E-state index contributed by atoms with van der Waals surface area (Å²) in [5.74, 6) is 1.06. The van der Waals surface area contributed by atoms with Crippen molar-refractivity contribution in [3.05, 3.63) is 23.9 Å². The first-order valence-corrected chi connectivity index (χ1v) is 5.40. The Morgan fingerprint density at radius 3 is 2.80 bits per heavy atom. The minimum atomic E-state index is -0.408. The third-order valence-electron chi connectivity index (χ3n) is 2.32. The summed E-state index contributed by atoms with van der Waals surface area (Å²) in [5, 5.41) is 9.34. The van der Waals surface area contributed by atoms with E-state index in [1.165, 1.54) is 5.56 Å². The van der Waals surface area contributed by atoms with Gasteiger partial charge in [-0.05, 0) is 24.0 Å². The second-order valence-electron chi connectivity index (χ2n) is 3.96. The van der Waals surface area contributed by atoms with Gasteiger partial charge in [0.25, 0.3) is 0 Å². The van der Waals surface area contributed by atoms with Gasteiger partial charge in [0.05, 0.1) is 6.10 Å². The fraction of sp³-hybridized carbons (Fsp3) is 0.583. The van der Waals surface area contributed by atoms with E-state index in [0.29, 0.717) is 24.8 Å². The minimum Gasteiger partial charge on any atom is -0.475 e. The van der Waals surface area contributed by atoms with Crippen LogP contribution in [0.3, 0.4) is 0 Å². The number of hydrogen-bond donors (Lipinski definition) is 1. The molecule has 3 heteroatoms. The maximum absolute atomic E-state index is 9.34. The van der Waals surface area contributed by atoms with Gasteiger partial charge in [-0.15, -0.1) is 0 Å². The Balaban J connectivity index is 2.58. The van der Waals surface area contributed by atoms with Crippen LogP contribution in [0.15, 0.2) is 18.3 Å². The summed E-state index contributed by atoms with van der Waals surface area (Å²) in [4.78, 5) is 4.09. The minimum absolute atomic E-state index is 0.311. The van der Waals surface area contributed by atoms with Crippen molar-refractivity contribution in [2.75, 3.05) is 6.61 Å². The second kappa shape index (κ2) is 5.71. The van der Waals surface area contributed by atoms with Gasteiger partial charge in [-0.3, -0.25) is 0 Å². The number of nitrogens with zero attached hydrogens (tertiary/aromatic N) is 1. The first-order valence-electron chi connectivity index (χ1n) is 5.40. The number of hydrogen-bond acceptors (Lipinski definition) is 3. The topological polar surface area (TPSA) is 42.4 Å². The van der Waals surface area contributed by atoms with Gasteiger partial charge in [-0.2, -0.15) is 0 Å². The Bertz CT molecular complexity index is 299. The van der Waals surface area contributed by atoms with Crippen molar-refractivity contribution in [3.63, 3.8) is 0 Å². The summed E-state index contributed by atoms with van der Waals surface area (Å²) < 4.78 is 5.39. The van der Waals surface area contributed by atoms with Crippen LogP contribution in [-0.2, 0) is 0 Å². The zero-order valence-electron chi connectivity index (χ0n) is 9.60. The molecule has 0 amide bonds. The number of ether oxygens (including phenoxy) is 1. The van der Waals surface area contributed by atoms with Crippen LogP contribution in [0.1, 0.15) is 38.7 Å². The van der Waals surface area contributed by atoms with E-state index in [1.54, 1.807) is 6.20 Å². The first-order chi connectivity index (χ1) is 7.13.